The molecule has 0 spiro atoms. The van der Waals surface area contributed by atoms with Crippen LogP contribution in [0.1, 0.15) is 37.1 Å². The van der Waals surface area contributed by atoms with Gasteiger partial charge in [-0.3, -0.25) is 4.68 Å². The van der Waals surface area contributed by atoms with Gasteiger partial charge in [-0.15, -0.1) is 0 Å². The zero-order chi connectivity index (χ0) is 15.4. The molecule has 2 N–H and O–H groups in total. The summed E-state index contributed by atoms with van der Waals surface area (Å²) in [4.78, 5) is 4.27. The quantitative estimate of drug-likeness (QED) is 0.946. The van der Waals surface area contributed by atoms with Gasteiger partial charge in [0.1, 0.15) is 5.82 Å². The summed E-state index contributed by atoms with van der Waals surface area (Å²) in [6.07, 6.45) is 1.82. The van der Waals surface area contributed by atoms with E-state index in [2.05, 4.69) is 35.6 Å². The van der Waals surface area contributed by atoms with Gasteiger partial charge in [-0.2, -0.15) is 5.10 Å². The lowest BCUT2D eigenvalue weighted by molar-refractivity contribution is 0.159. The Morgan fingerprint density at radius 3 is 2.64 bits per heavy atom. The van der Waals surface area contributed by atoms with Gasteiger partial charge in [0, 0.05) is 29.4 Å². The van der Waals surface area contributed by atoms with Gasteiger partial charge in [-0.05, 0) is 50.3 Å². The molecule has 116 valence electrons. The second kappa shape index (κ2) is 4.81. The molecule has 22 heavy (non-hydrogen) atoms. The first-order chi connectivity index (χ1) is 10.6. The van der Waals surface area contributed by atoms with Gasteiger partial charge in [0.2, 0.25) is 0 Å². The van der Waals surface area contributed by atoms with E-state index in [9.17, 15) is 0 Å². The van der Waals surface area contributed by atoms with Gasteiger partial charge in [0.05, 0.1) is 18.9 Å². The molecule has 2 fully saturated rings. The smallest absolute Gasteiger partial charge is 0.126 e. The average molecular weight is 298 g/mol. The lowest BCUT2D eigenvalue weighted by Crippen LogP contribution is -2.09. The number of nitrogens with zero attached hydrogens (tertiary/aromatic N) is 3. The molecule has 3 atom stereocenters. The first-order valence-corrected chi connectivity index (χ1v) is 7.96. The van der Waals surface area contributed by atoms with E-state index in [1.54, 1.807) is 0 Å². The third-order valence-electron chi connectivity index (χ3n) is 4.96. The molecule has 1 unspecified atom stereocenters. The largest absolute Gasteiger partial charge is 0.383 e. The number of ether oxygens (including phenoxy) is 1. The third-order valence-corrected chi connectivity index (χ3v) is 4.96. The number of nitrogens with two attached hydrogens (primary N) is 1. The molecule has 2 aliphatic rings. The molecule has 0 aromatic carbocycles. The molecule has 0 bridgehead atoms. The van der Waals surface area contributed by atoms with Gasteiger partial charge in [-0.25, -0.2) is 4.98 Å². The van der Waals surface area contributed by atoms with Crippen molar-refractivity contribution in [2.75, 3.05) is 18.9 Å². The molecule has 0 amide bonds. The molecule has 1 saturated heterocycles. The number of hydrogen-bond donors (Lipinski definition) is 1. The highest BCUT2D eigenvalue weighted by atomic mass is 16.5. The van der Waals surface area contributed by atoms with Crippen LogP contribution in [0.5, 0.6) is 0 Å². The van der Waals surface area contributed by atoms with Crippen LogP contribution in [0.4, 0.5) is 5.82 Å². The summed E-state index contributed by atoms with van der Waals surface area (Å²) in [5, 5.41) is 4.83. The maximum Gasteiger partial charge on any atom is 0.126 e. The Hall–Kier alpha value is -1.88. The van der Waals surface area contributed by atoms with E-state index in [1.165, 1.54) is 5.69 Å². The first-order valence-electron chi connectivity index (χ1n) is 7.96. The summed E-state index contributed by atoms with van der Waals surface area (Å²) >= 11 is 0. The topological polar surface area (TPSA) is 66.0 Å². The maximum absolute atomic E-state index is 5.82. The van der Waals surface area contributed by atoms with E-state index < -0.39 is 0 Å². The third kappa shape index (κ3) is 2.03. The van der Waals surface area contributed by atoms with Crippen molar-refractivity contribution in [2.45, 2.75) is 32.7 Å². The van der Waals surface area contributed by atoms with Crippen molar-refractivity contribution in [3.8, 4) is 11.3 Å². The summed E-state index contributed by atoms with van der Waals surface area (Å²) < 4.78 is 7.70. The summed E-state index contributed by atoms with van der Waals surface area (Å²) in [6, 6.07) is 4.65. The fraction of sp³-hybridized carbons (Fsp3) is 0.529. The number of aromatic nitrogens is 3. The SMILES string of the molecule is Cc1cc(-c2cc(C3[C@H]4COC[C@@H]34)n(C(C)C)n2)cnc1N. The Balaban J connectivity index is 1.73. The Kier molecular flexibility index (Phi) is 3.01. The van der Waals surface area contributed by atoms with Crippen LogP contribution in [-0.4, -0.2) is 28.0 Å². The molecule has 5 heteroatoms. The molecule has 2 aromatic rings. The highest BCUT2D eigenvalue weighted by molar-refractivity contribution is 5.62. The van der Waals surface area contributed by atoms with Crippen LogP contribution >= 0.6 is 0 Å². The minimum atomic E-state index is 0.355. The van der Waals surface area contributed by atoms with Crippen LogP contribution in [0.15, 0.2) is 18.3 Å². The predicted octanol–water partition coefficient (Wildman–Crippen LogP) is 2.78. The standard InChI is InChI=1S/C17H22N4O/c1-9(2)21-15(16-12-7-22-8-13(12)16)5-14(20-21)11-4-10(3)17(18)19-6-11/h4-6,9,12-13,16H,7-8H2,1-3H3,(H2,18,19)/t12-,13+,16?. The van der Waals surface area contributed by atoms with Gasteiger partial charge in [0.15, 0.2) is 0 Å². The van der Waals surface area contributed by atoms with E-state index >= 15 is 0 Å². The van der Waals surface area contributed by atoms with Crippen molar-refractivity contribution in [3.63, 3.8) is 0 Å². The second-order valence-corrected chi connectivity index (χ2v) is 6.81. The number of rotatable bonds is 3. The van der Waals surface area contributed by atoms with Crippen molar-refractivity contribution < 1.29 is 4.74 Å². The minimum absolute atomic E-state index is 0.355. The summed E-state index contributed by atoms with van der Waals surface area (Å²) in [6.45, 7) is 8.14. The fourth-order valence-corrected chi connectivity index (χ4v) is 3.62. The van der Waals surface area contributed by atoms with Crippen LogP contribution in [-0.2, 0) is 4.74 Å². The second-order valence-electron chi connectivity index (χ2n) is 6.81. The lowest BCUT2D eigenvalue weighted by atomic mass is 10.1. The lowest BCUT2D eigenvalue weighted by Gasteiger charge is -2.12. The van der Waals surface area contributed by atoms with Gasteiger partial charge in [0.25, 0.3) is 0 Å². The molecular weight excluding hydrogens is 276 g/mol. The summed E-state index contributed by atoms with van der Waals surface area (Å²) in [5.41, 5.74) is 10.2. The van der Waals surface area contributed by atoms with Crippen LogP contribution in [0.2, 0.25) is 0 Å². The molecule has 3 heterocycles. The van der Waals surface area contributed by atoms with Crippen LogP contribution in [0.3, 0.4) is 0 Å². The normalized spacial score (nSPS) is 26.5. The summed E-state index contributed by atoms with van der Waals surface area (Å²) in [7, 11) is 0. The number of aryl methyl sites for hydroxylation is 1. The molecule has 1 saturated carbocycles. The first kappa shape index (κ1) is 13.8. The van der Waals surface area contributed by atoms with E-state index in [1.807, 2.05) is 13.1 Å². The predicted molar refractivity (Wildman–Crippen MR) is 85.5 cm³/mol. The minimum Gasteiger partial charge on any atom is -0.383 e. The average Bonchev–Trinajstić information content (AvgIpc) is 2.90. The number of hydrogen-bond acceptors (Lipinski definition) is 4. The van der Waals surface area contributed by atoms with Gasteiger partial charge in [-0.1, -0.05) is 0 Å². The van der Waals surface area contributed by atoms with E-state index in [-0.39, 0.29) is 0 Å². The monoisotopic (exact) mass is 298 g/mol. The zero-order valence-corrected chi connectivity index (χ0v) is 13.3. The number of fused-ring (bicyclic) bond motifs is 1. The Morgan fingerprint density at radius 2 is 2.00 bits per heavy atom. The van der Waals surface area contributed by atoms with E-state index in [4.69, 9.17) is 15.6 Å². The number of anilines is 1. The Bertz CT molecular complexity index is 711. The molecule has 2 aromatic heterocycles. The fourth-order valence-electron chi connectivity index (χ4n) is 3.62. The maximum atomic E-state index is 5.82. The summed E-state index contributed by atoms with van der Waals surface area (Å²) in [5.74, 6) is 2.57. The van der Waals surface area contributed by atoms with E-state index in [0.29, 0.717) is 29.6 Å². The van der Waals surface area contributed by atoms with Crippen molar-refractivity contribution >= 4 is 5.82 Å². The highest BCUT2D eigenvalue weighted by Gasteiger charge is 2.56. The Labute approximate surface area is 130 Å². The zero-order valence-electron chi connectivity index (χ0n) is 13.3. The Morgan fingerprint density at radius 1 is 1.27 bits per heavy atom. The van der Waals surface area contributed by atoms with Gasteiger partial charge >= 0.3 is 0 Å². The molecule has 0 radical (unpaired) electrons. The van der Waals surface area contributed by atoms with Crippen molar-refractivity contribution in [3.05, 3.63) is 29.6 Å². The van der Waals surface area contributed by atoms with Crippen LogP contribution in [0, 0.1) is 18.8 Å². The molecule has 1 aliphatic heterocycles. The van der Waals surface area contributed by atoms with E-state index in [0.717, 1.165) is 30.0 Å². The van der Waals surface area contributed by atoms with Crippen molar-refractivity contribution in [1.29, 1.82) is 0 Å². The number of pyridine rings is 1. The van der Waals surface area contributed by atoms with Crippen LogP contribution in [0.25, 0.3) is 11.3 Å². The molecule has 5 nitrogen and oxygen atoms in total. The number of nitrogen functional groups attached to an aromatic ring is 1. The molecular formula is C17H22N4O. The van der Waals surface area contributed by atoms with Crippen molar-refractivity contribution in [1.82, 2.24) is 14.8 Å². The highest BCUT2D eigenvalue weighted by Crippen LogP contribution is 2.58. The molecule has 4 rings (SSSR count). The van der Waals surface area contributed by atoms with Crippen molar-refractivity contribution in [2.24, 2.45) is 11.8 Å². The van der Waals surface area contributed by atoms with Crippen LogP contribution < -0.4 is 5.73 Å². The molecule has 1 aliphatic carbocycles. The van der Waals surface area contributed by atoms with Gasteiger partial charge < -0.3 is 10.5 Å².